The van der Waals surface area contributed by atoms with Gasteiger partial charge in [-0.2, -0.15) is 0 Å². The zero-order chi connectivity index (χ0) is 8.65. The first-order valence-corrected chi connectivity index (χ1v) is 7.53. The highest BCUT2D eigenvalue weighted by Gasteiger charge is 2.08. The Labute approximate surface area is 77.0 Å². The van der Waals surface area contributed by atoms with Crippen LogP contribution in [0, 0.1) is 0 Å². The number of hydrogen-bond donors (Lipinski definition) is 0. The molecule has 2 nitrogen and oxygen atoms in total. The minimum atomic E-state index is -0.595. The van der Waals surface area contributed by atoms with Crippen LogP contribution in [-0.4, -0.2) is 28.9 Å². The van der Waals surface area contributed by atoms with Gasteiger partial charge in [0.25, 0.3) is 0 Å². The lowest BCUT2D eigenvalue weighted by atomic mass is 10.4. The van der Waals surface area contributed by atoms with E-state index in [0.717, 1.165) is 19.8 Å². The van der Waals surface area contributed by atoms with Crippen LogP contribution in [0.15, 0.2) is 0 Å². The SMILES string of the molecule is C1CCOC1.C[SiH]1CCCCO1. The van der Waals surface area contributed by atoms with Gasteiger partial charge in [-0.15, -0.1) is 0 Å². The average molecular weight is 188 g/mol. The van der Waals surface area contributed by atoms with Crippen LogP contribution in [0.3, 0.4) is 0 Å². The van der Waals surface area contributed by atoms with Crippen molar-refractivity contribution in [3.05, 3.63) is 0 Å². The van der Waals surface area contributed by atoms with E-state index in [1.54, 1.807) is 0 Å². The molecule has 0 aromatic heterocycles. The monoisotopic (exact) mass is 188 g/mol. The van der Waals surface area contributed by atoms with E-state index in [-0.39, 0.29) is 0 Å². The lowest BCUT2D eigenvalue weighted by Gasteiger charge is -2.16. The highest BCUT2D eigenvalue weighted by atomic mass is 28.3. The lowest BCUT2D eigenvalue weighted by Crippen LogP contribution is -2.18. The highest BCUT2D eigenvalue weighted by Crippen LogP contribution is 2.09. The third-order valence-electron chi connectivity index (χ3n) is 2.23. The molecule has 3 heteroatoms. The predicted octanol–water partition coefficient (Wildman–Crippen LogP) is 1.95. The topological polar surface area (TPSA) is 18.5 Å². The molecule has 2 aliphatic heterocycles. The van der Waals surface area contributed by atoms with Crippen LogP contribution >= 0.6 is 0 Å². The lowest BCUT2D eigenvalue weighted by molar-refractivity contribution is 0.198. The van der Waals surface area contributed by atoms with E-state index < -0.39 is 9.04 Å². The molecular formula is C9H20O2Si. The van der Waals surface area contributed by atoms with Crippen molar-refractivity contribution in [3.63, 3.8) is 0 Å². The maximum atomic E-state index is 5.42. The average Bonchev–Trinajstić information content (AvgIpc) is 2.62. The van der Waals surface area contributed by atoms with Crippen molar-refractivity contribution in [1.82, 2.24) is 0 Å². The second-order valence-electron chi connectivity index (χ2n) is 3.50. The van der Waals surface area contributed by atoms with E-state index in [2.05, 4.69) is 6.55 Å². The molecule has 0 aromatic carbocycles. The summed E-state index contributed by atoms with van der Waals surface area (Å²) < 4.78 is 10.4. The van der Waals surface area contributed by atoms with Crippen LogP contribution in [0.5, 0.6) is 0 Å². The summed E-state index contributed by atoms with van der Waals surface area (Å²) in [7, 11) is -0.595. The Morgan fingerprint density at radius 2 is 1.58 bits per heavy atom. The Kier molecular flexibility index (Phi) is 5.65. The zero-order valence-electron chi connectivity index (χ0n) is 8.05. The molecule has 0 spiro atoms. The molecule has 0 radical (unpaired) electrons. The Balaban J connectivity index is 0.000000127. The molecular weight excluding hydrogens is 168 g/mol. The molecule has 2 rings (SSSR count). The standard InChI is InChI=1S/C5H12OSi.C4H8O/c1-7-5-3-2-4-6-7;1-2-4-5-3-1/h7H,2-5H2,1H3;1-4H2. The zero-order valence-corrected chi connectivity index (χ0v) is 9.21. The highest BCUT2D eigenvalue weighted by molar-refractivity contribution is 6.50. The van der Waals surface area contributed by atoms with Gasteiger partial charge in [-0.3, -0.25) is 0 Å². The summed E-state index contributed by atoms with van der Waals surface area (Å²) in [5.74, 6) is 0. The second kappa shape index (κ2) is 6.63. The van der Waals surface area contributed by atoms with Gasteiger partial charge in [0.1, 0.15) is 0 Å². The fourth-order valence-electron chi connectivity index (χ4n) is 1.41. The summed E-state index contributed by atoms with van der Waals surface area (Å²) in [6.45, 7) is 5.33. The van der Waals surface area contributed by atoms with Crippen LogP contribution in [0.2, 0.25) is 12.6 Å². The van der Waals surface area contributed by atoms with Crippen molar-refractivity contribution in [2.75, 3.05) is 19.8 Å². The van der Waals surface area contributed by atoms with Crippen LogP contribution < -0.4 is 0 Å². The molecule has 2 aliphatic rings. The summed E-state index contributed by atoms with van der Waals surface area (Å²) in [6.07, 6.45) is 5.28. The summed E-state index contributed by atoms with van der Waals surface area (Å²) in [5.41, 5.74) is 0. The van der Waals surface area contributed by atoms with Crippen LogP contribution in [0.25, 0.3) is 0 Å². The first-order chi connectivity index (χ1) is 5.89. The molecule has 1 atom stereocenters. The number of hydrogen-bond acceptors (Lipinski definition) is 2. The third kappa shape index (κ3) is 4.90. The summed E-state index contributed by atoms with van der Waals surface area (Å²) in [6, 6.07) is 1.40. The summed E-state index contributed by atoms with van der Waals surface area (Å²) in [5, 5.41) is 0. The minimum absolute atomic E-state index is 0.595. The van der Waals surface area contributed by atoms with E-state index in [1.807, 2.05) is 0 Å². The van der Waals surface area contributed by atoms with Crippen molar-refractivity contribution in [2.45, 2.75) is 38.3 Å². The van der Waals surface area contributed by atoms with Crippen LogP contribution in [-0.2, 0) is 9.16 Å². The number of ether oxygens (including phenoxy) is 1. The summed E-state index contributed by atoms with van der Waals surface area (Å²) in [4.78, 5) is 0. The van der Waals surface area contributed by atoms with Gasteiger partial charge in [-0.1, -0.05) is 6.42 Å². The fraction of sp³-hybridized carbons (Fsp3) is 1.00. The van der Waals surface area contributed by atoms with Gasteiger partial charge in [0.15, 0.2) is 9.04 Å². The maximum absolute atomic E-state index is 5.42. The fourth-order valence-corrected chi connectivity index (χ4v) is 3.01. The quantitative estimate of drug-likeness (QED) is 0.541. The maximum Gasteiger partial charge on any atom is 0.173 e. The van der Waals surface area contributed by atoms with Crippen molar-refractivity contribution >= 4 is 9.04 Å². The molecule has 0 bridgehead atoms. The molecule has 0 aromatic rings. The van der Waals surface area contributed by atoms with Crippen molar-refractivity contribution in [2.24, 2.45) is 0 Å². The van der Waals surface area contributed by atoms with Crippen molar-refractivity contribution in [1.29, 1.82) is 0 Å². The van der Waals surface area contributed by atoms with Crippen molar-refractivity contribution in [3.8, 4) is 0 Å². The smallest absolute Gasteiger partial charge is 0.173 e. The molecule has 1 unspecified atom stereocenters. The van der Waals surface area contributed by atoms with E-state index in [1.165, 1.54) is 31.7 Å². The molecule has 0 amide bonds. The molecule has 12 heavy (non-hydrogen) atoms. The van der Waals surface area contributed by atoms with Crippen LogP contribution in [0.4, 0.5) is 0 Å². The predicted molar refractivity (Wildman–Crippen MR) is 53.1 cm³/mol. The normalized spacial score (nSPS) is 29.2. The van der Waals surface area contributed by atoms with Gasteiger partial charge < -0.3 is 9.16 Å². The summed E-state index contributed by atoms with van der Waals surface area (Å²) >= 11 is 0. The molecule has 0 N–H and O–H groups in total. The van der Waals surface area contributed by atoms with Crippen molar-refractivity contribution < 1.29 is 9.16 Å². The molecule has 72 valence electrons. The molecule has 2 fully saturated rings. The van der Waals surface area contributed by atoms with Gasteiger partial charge in [0.05, 0.1) is 0 Å². The number of rotatable bonds is 0. The van der Waals surface area contributed by atoms with Gasteiger partial charge in [-0.25, -0.2) is 0 Å². The Hall–Kier alpha value is 0.137. The molecule has 2 heterocycles. The van der Waals surface area contributed by atoms with Gasteiger partial charge >= 0.3 is 0 Å². The van der Waals surface area contributed by atoms with E-state index in [9.17, 15) is 0 Å². The van der Waals surface area contributed by atoms with E-state index in [4.69, 9.17) is 9.16 Å². The molecule has 0 aliphatic carbocycles. The largest absolute Gasteiger partial charge is 0.420 e. The van der Waals surface area contributed by atoms with E-state index in [0.29, 0.717) is 0 Å². The van der Waals surface area contributed by atoms with E-state index >= 15 is 0 Å². The molecule has 2 saturated heterocycles. The van der Waals surface area contributed by atoms with Gasteiger partial charge in [-0.05, 0) is 31.9 Å². The first-order valence-electron chi connectivity index (χ1n) is 5.09. The second-order valence-corrected chi connectivity index (χ2v) is 6.03. The van der Waals surface area contributed by atoms with Gasteiger partial charge in [0.2, 0.25) is 0 Å². The first kappa shape index (κ1) is 10.2. The minimum Gasteiger partial charge on any atom is -0.420 e. The Morgan fingerprint density at radius 3 is 1.83 bits per heavy atom. The molecule has 0 saturated carbocycles. The Bertz CT molecular complexity index is 91.1. The van der Waals surface area contributed by atoms with Crippen LogP contribution in [0.1, 0.15) is 25.7 Å². The Morgan fingerprint density at radius 1 is 0.917 bits per heavy atom. The third-order valence-corrected chi connectivity index (χ3v) is 4.26. The van der Waals surface area contributed by atoms with Gasteiger partial charge in [0, 0.05) is 19.8 Å².